The van der Waals surface area contributed by atoms with Crippen LogP contribution >= 0.6 is 0 Å². The maximum Gasteiger partial charge on any atom is 0.0110 e. The van der Waals surface area contributed by atoms with Crippen LogP contribution in [0.1, 0.15) is 55.7 Å². The van der Waals surface area contributed by atoms with Gasteiger partial charge in [-0.25, -0.2) is 0 Å². The van der Waals surface area contributed by atoms with Gasteiger partial charge >= 0.3 is 0 Å². The fourth-order valence-electron chi connectivity index (χ4n) is 5.03. The lowest BCUT2D eigenvalue weighted by Gasteiger charge is -2.27. The Kier molecular flexibility index (Phi) is 4.69. The van der Waals surface area contributed by atoms with Crippen molar-refractivity contribution < 1.29 is 0 Å². The van der Waals surface area contributed by atoms with Crippen LogP contribution in [0, 0.1) is 31.6 Å². The van der Waals surface area contributed by atoms with Gasteiger partial charge in [-0.3, -0.25) is 0 Å². The molecule has 2 bridgehead atoms. The molecule has 1 aromatic rings. The zero-order valence-corrected chi connectivity index (χ0v) is 14.0. The summed E-state index contributed by atoms with van der Waals surface area (Å²) in [5, 5.41) is 3.76. The van der Waals surface area contributed by atoms with Crippen LogP contribution in [0.15, 0.2) is 18.2 Å². The SMILES string of the molecule is CCNC(Cc1cc(C)cc(C)c1)CC1CC2CCC1C2. The molecule has 3 rings (SSSR count). The number of nitrogens with one attached hydrogen (secondary N) is 1. The molecule has 1 nitrogen and oxygen atoms in total. The fraction of sp³-hybridized carbons (Fsp3) is 0.700. The highest BCUT2D eigenvalue weighted by Gasteiger charge is 2.39. The molecule has 0 heterocycles. The molecule has 2 aliphatic carbocycles. The first-order valence-electron chi connectivity index (χ1n) is 8.94. The van der Waals surface area contributed by atoms with Crippen LogP contribution in [0.3, 0.4) is 0 Å². The molecule has 116 valence electrons. The normalized spacial score (nSPS) is 29.0. The van der Waals surface area contributed by atoms with Crippen molar-refractivity contribution in [2.45, 2.75) is 65.3 Å². The van der Waals surface area contributed by atoms with Crippen LogP contribution in [0.5, 0.6) is 0 Å². The number of benzene rings is 1. The molecule has 1 N–H and O–H groups in total. The number of rotatable bonds is 6. The van der Waals surface area contributed by atoms with E-state index in [2.05, 4.69) is 44.3 Å². The second-order valence-corrected chi connectivity index (χ2v) is 7.63. The van der Waals surface area contributed by atoms with E-state index in [0.717, 1.165) is 24.3 Å². The summed E-state index contributed by atoms with van der Waals surface area (Å²) in [7, 11) is 0. The van der Waals surface area contributed by atoms with Crippen LogP contribution in [0.2, 0.25) is 0 Å². The molecular weight excluding hydrogens is 254 g/mol. The quantitative estimate of drug-likeness (QED) is 0.802. The molecule has 0 amide bonds. The number of fused-ring (bicyclic) bond motifs is 2. The van der Waals surface area contributed by atoms with Crippen molar-refractivity contribution in [1.82, 2.24) is 5.32 Å². The first kappa shape index (κ1) is 15.1. The van der Waals surface area contributed by atoms with Gasteiger partial charge in [0.15, 0.2) is 0 Å². The molecule has 0 aliphatic heterocycles. The van der Waals surface area contributed by atoms with Gasteiger partial charge in [0.25, 0.3) is 0 Å². The standard InChI is InChI=1S/C20H31N/c1-4-21-20(12-17-8-14(2)7-15(3)9-17)13-19-11-16-5-6-18(19)10-16/h7-9,16,18-21H,4-6,10-13H2,1-3H3. The monoisotopic (exact) mass is 285 g/mol. The van der Waals surface area contributed by atoms with Crippen molar-refractivity contribution in [3.63, 3.8) is 0 Å². The third kappa shape index (κ3) is 3.69. The van der Waals surface area contributed by atoms with E-state index in [1.807, 2.05) is 0 Å². The fourth-order valence-corrected chi connectivity index (χ4v) is 5.03. The summed E-state index contributed by atoms with van der Waals surface area (Å²) in [6.07, 6.45) is 8.67. The molecule has 2 saturated carbocycles. The Bertz CT molecular complexity index is 458. The number of hydrogen-bond donors (Lipinski definition) is 1. The predicted molar refractivity (Wildman–Crippen MR) is 90.6 cm³/mol. The van der Waals surface area contributed by atoms with Crippen molar-refractivity contribution in [3.05, 3.63) is 34.9 Å². The van der Waals surface area contributed by atoms with Gasteiger partial charge in [0.1, 0.15) is 0 Å². The Labute approximate surface area is 130 Å². The van der Waals surface area contributed by atoms with Gasteiger partial charge < -0.3 is 5.32 Å². The third-order valence-electron chi connectivity index (χ3n) is 5.73. The molecule has 0 saturated heterocycles. The summed E-state index contributed by atoms with van der Waals surface area (Å²) < 4.78 is 0. The smallest absolute Gasteiger partial charge is 0.0110 e. The summed E-state index contributed by atoms with van der Waals surface area (Å²) in [5.74, 6) is 3.12. The zero-order valence-electron chi connectivity index (χ0n) is 14.0. The lowest BCUT2D eigenvalue weighted by atomic mass is 9.83. The Hall–Kier alpha value is -0.820. The van der Waals surface area contributed by atoms with E-state index in [0.29, 0.717) is 6.04 Å². The second-order valence-electron chi connectivity index (χ2n) is 7.63. The van der Waals surface area contributed by atoms with Gasteiger partial charge in [0.05, 0.1) is 0 Å². The van der Waals surface area contributed by atoms with Gasteiger partial charge in [-0.05, 0) is 75.8 Å². The first-order valence-corrected chi connectivity index (χ1v) is 8.94. The van der Waals surface area contributed by atoms with Crippen LogP contribution in [0.4, 0.5) is 0 Å². The largest absolute Gasteiger partial charge is 0.314 e. The van der Waals surface area contributed by atoms with Crippen LogP contribution in [-0.2, 0) is 6.42 Å². The van der Waals surface area contributed by atoms with Gasteiger partial charge in [-0.1, -0.05) is 42.7 Å². The van der Waals surface area contributed by atoms with Gasteiger partial charge in [0.2, 0.25) is 0 Å². The summed E-state index contributed by atoms with van der Waals surface area (Å²) in [6, 6.07) is 7.69. The van der Waals surface area contributed by atoms with Crippen molar-refractivity contribution in [2.75, 3.05) is 6.54 Å². The Balaban J connectivity index is 1.63. The molecule has 1 aromatic carbocycles. The van der Waals surface area contributed by atoms with Crippen molar-refractivity contribution in [3.8, 4) is 0 Å². The van der Waals surface area contributed by atoms with Gasteiger partial charge in [-0.15, -0.1) is 0 Å². The molecule has 4 unspecified atom stereocenters. The third-order valence-corrected chi connectivity index (χ3v) is 5.73. The van der Waals surface area contributed by atoms with Crippen molar-refractivity contribution in [1.29, 1.82) is 0 Å². The topological polar surface area (TPSA) is 12.0 Å². The average Bonchev–Trinajstić information content (AvgIpc) is 3.00. The molecule has 1 heteroatoms. The lowest BCUT2D eigenvalue weighted by molar-refractivity contribution is 0.278. The van der Waals surface area contributed by atoms with E-state index >= 15 is 0 Å². The number of aryl methyl sites for hydroxylation is 2. The van der Waals surface area contributed by atoms with E-state index in [4.69, 9.17) is 0 Å². The Morgan fingerprint density at radius 3 is 2.43 bits per heavy atom. The summed E-state index contributed by atoms with van der Waals surface area (Å²) in [6.45, 7) is 7.77. The minimum absolute atomic E-state index is 0.667. The van der Waals surface area contributed by atoms with Gasteiger partial charge in [-0.2, -0.15) is 0 Å². The summed E-state index contributed by atoms with van der Waals surface area (Å²) in [4.78, 5) is 0. The number of hydrogen-bond acceptors (Lipinski definition) is 1. The maximum atomic E-state index is 3.76. The second kappa shape index (κ2) is 6.52. The molecule has 0 radical (unpaired) electrons. The summed E-state index contributed by atoms with van der Waals surface area (Å²) >= 11 is 0. The van der Waals surface area contributed by atoms with E-state index in [1.54, 1.807) is 0 Å². The first-order chi connectivity index (χ1) is 10.1. The minimum Gasteiger partial charge on any atom is -0.314 e. The van der Waals surface area contributed by atoms with E-state index in [9.17, 15) is 0 Å². The Morgan fingerprint density at radius 2 is 1.86 bits per heavy atom. The molecule has 4 atom stereocenters. The van der Waals surface area contributed by atoms with Crippen LogP contribution in [0.25, 0.3) is 0 Å². The maximum absolute atomic E-state index is 3.76. The molecular formula is C20H31N. The van der Waals surface area contributed by atoms with Gasteiger partial charge in [0, 0.05) is 6.04 Å². The highest BCUT2D eigenvalue weighted by atomic mass is 14.9. The zero-order chi connectivity index (χ0) is 14.8. The van der Waals surface area contributed by atoms with E-state index in [-0.39, 0.29) is 0 Å². The highest BCUT2D eigenvalue weighted by molar-refractivity contribution is 5.29. The van der Waals surface area contributed by atoms with Crippen LogP contribution in [-0.4, -0.2) is 12.6 Å². The molecule has 21 heavy (non-hydrogen) atoms. The number of likely N-dealkylation sites (N-methyl/N-ethyl adjacent to an activating group) is 1. The molecule has 2 aliphatic rings. The highest BCUT2D eigenvalue weighted by Crippen LogP contribution is 2.50. The molecule has 0 spiro atoms. The average molecular weight is 285 g/mol. The van der Waals surface area contributed by atoms with Crippen molar-refractivity contribution in [2.24, 2.45) is 17.8 Å². The van der Waals surface area contributed by atoms with Crippen molar-refractivity contribution >= 4 is 0 Å². The van der Waals surface area contributed by atoms with E-state index < -0.39 is 0 Å². The van der Waals surface area contributed by atoms with Crippen LogP contribution < -0.4 is 5.32 Å². The van der Waals surface area contributed by atoms with E-state index in [1.165, 1.54) is 55.2 Å². The lowest BCUT2D eigenvalue weighted by Crippen LogP contribution is -2.34. The molecule has 2 fully saturated rings. The minimum atomic E-state index is 0.667. The predicted octanol–water partition coefficient (Wildman–Crippen LogP) is 4.65. The Morgan fingerprint density at radius 1 is 1.10 bits per heavy atom. The summed E-state index contributed by atoms with van der Waals surface area (Å²) in [5.41, 5.74) is 4.32. The molecule has 0 aromatic heterocycles.